The van der Waals surface area contributed by atoms with Gasteiger partial charge in [0.15, 0.2) is 0 Å². The van der Waals surface area contributed by atoms with Crippen LogP contribution in [0.2, 0.25) is 0 Å². The van der Waals surface area contributed by atoms with Crippen LogP contribution in [-0.4, -0.2) is 13.2 Å². The van der Waals surface area contributed by atoms with Crippen LogP contribution < -0.4 is 0 Å². The molecule has 0 aromatic carbocycles. The van der Waals surface area contributed by atoms with Crippen LogP contribution in [-0.2, 0) is 4.74 Å². The van der Waals surface area contributed by atoms with Crippen molar-refractivity contribution in [1.82, 2.24) is 0 Å². The smallest absolute Gasteiger partial charge is 0.0648 e. The Kier molecular flexibility index (Phi) is 1.39. The van der Waals surface area contributed by atoms with Crippen LogP contribution in [0.3, 0.4) is 0 Å². The van der Waals surface area contributed by atoms with Gasteiger partial charge in [0.05, 0.1) is 13.2 Å². The van der Waals surface area contributed by atoms with E-state index in [0.717, 1.165) is 13.2 Å². The van der Waals surface area contributed by atoms with E-state index in [4.69, 9.17) is 4.74 Å². The van der Waals surface area contributed by atoms with Crippen molar-refractivity contribution in [2.24, 2.45) is 5.41 Å². The van der Waals surface area contributed by atoms with Crippen molar-refractivity contribution in [1.29, 1.82) is 0 Å². The summed E-state index contributed by atoms with van der Waals surface area (Å²) >= 11 is 0. The highest BCUT2D eigenvalue weighted by molar-refractivity contribution is 4.97. The van der Waals surface area contributed by atoms with Gasteiger partial charge in [-0.1, -0.05) is 26.0 Å². The lowest BCUT2D eigenvalue weighted by Gasteiger charge is -2.23. The lowest BCUT2D eigenvalue weighted by Crippen LogP contribution is -2.20. The van der Waals surface area contributed by atoms with Crippen molar-refractivity contribution >= 4 is 0 Å². The monoisotopic (exact) mass is 112 g/mol. The van der Waals surface area contributed by atoms with Crippen molar-refractivity contribution in [3.63, 3.8) is 0 Å². The Hall–Kier alpha value is -0.300. The first-order valence-electron chi connectivity index (χ1n) is 2.96. The minimum absolute atomic E-state index is 0.276. The second-order valence-electron chi connectivity index (χ2n) is 2.91. The summed E-state index contributed by atoms with van der Waals surface area (Å²) in [7, 11) is 0. The Morgan fingerprint density at radius 3 is 2.50 bits per heavy atom. The topological polar surface area (TPSA) is 9.23 Å². The van der Waals surface area contributed by atoms with Gasteiger partial charge in [0.25, 0.3) is 0 Å². The van der Waals surface area contributed by atoms with Crippen molar-refractivity contribution in [2.45, 2.75) is 13.8 Å². The van der Waals surface area contributed by atoms with Gasteiger partial charge >= 0.3 is 0 Å². The van der Waals surface area contributed by atoms with Crippen molar-refractivity contribution < 1.29 is 4.74 Å². The molecule has 8 heavy (non-hydrogen) atoms. The van der Waals surface area contributed by atoms with Gasteiger partial charge in [-0.05, 0) is 0 Å². The van der Waals surface area contributed by atoms with Crippen LogP contribution in [0.1, 0.15) is 13.8 Å². The zero-order valence-electron chi connectivity index (χ0n) is 5.48. The molecule has 1 heteroatoms. The highest BCUT2D eigenvalue weighted by Crippen LogP contribution is 2.19. The van der Waals surface area contributed by atoms with Gasteiger partial charge in [0.2, 0.25) is 0 Å². The summed E-state index contributed by atoms with van der Waals surface area (Å²) in [5.74, 6) is 0. The molecule has 0 aromatic rings. The van der Waals surface area contributed by atoms with Gasteiger partial charge in [0.1, 0.15) is 0 Å². The molecule has 1 aliphatic rings. The quantitative estimate of drug-likeness (QED) is 0.432. The van der Waals surface area contributed by atoms with Gasteiger partial charge in [0, 0.05) is 5.41 Å². The highest BCUT2D eigenvalue weighted by Gasteiger charge is 2.15. The van der Waals surface area contributed by atoms with E-state index in [-0.39, 0.29) is 5.41 Å². The normalized spacial score (nSPS) is 25.8. The van der Waals surface area contributed by atoms with Crippen molar-refractivity contribution in [3.8, 4) is 0 Å². The van der Waals surface area contributed by atoms with Gasteiger partial charge < -0.3 is 4.74 Å². The SMILES string of the molecule is CC1(C)C=CCOC1. The van der Waals surface area contributed by atoms with Crippen LogP contribution in [0.4, 0.5) is 0 Å². The molecule has 1 aliphatic heterocycles. The van der Waals surface area contributed by atoms with Gasteiger partial charge in [-0.15, -0.1) is 0 Å². The first kappa shape index (κ1) is 5.83. The summed E-state index contributed by atoms with van der Waals surface area (Å²) in [5, 5.41) is 0. The Labute approximate surface area is 50.3 Å². The van der Waals surface area contributed by atoms with Crippen LogP contribution in [0.5, 0.6) is 0 Å². The van der Waals surface area contributed by atoms with E-state index in [1.165, 1.54) is 0 Å². The Morgan fingerprint density at radius 2 is 2.25 bits per heavy atom. The number of hydrogen-bond donors (Lipinski definition) is 0. The molecule has 0 aromatic heterocycles. The maximum Gasteiger partial charge on any atom is 0.0648 e. The van der Waals surface area contributed by atoms with Crippen LogP contribution >= 0.6 is 0 Å². The molecular formula is C7H12O. The summed E-state index contributed by atoms with van der Waals surface area (Å²) in [6.07, 6.45) is 4.28. The average Bonchev–Trinajstić information content (AvgIpc) is 1.65. The summed E-state index contributed by atoms with van der Waals surface area (Å²) in [6, 6.07) is 0. The molecule has 0 unspecified atom stereocenters. The minimum atomic E-state index is 0.276. The molecule has 0 aliphatic carbocycles. The average molecular weight is 112 g/mol. The lowest BCUT2D eigenvalue weighted by atomic mass is 9.93. The fraction of sp³-hybridized carbons (Fsp3) is 0.714. The molecule has 0 N–H and O–H groups in total. The van der Waals surface area contributed by atoms with E-state index in [1.54, 1.807) is 0 Å². The van der Waals surface area contributed by atoms with Gasteiger partial charge in [-0.3, -0.25) is 0 Å². The van der Waals surface area contributed by atoms with Crippen LogP contribution in [0.15, 0.2) is 12.2 Å². The van der Waals surface area contributed by atoms with E-state index in [2.05, 4.69) is 26.0 Å². The molecule has 1 heterocycles. The van der Waals surface area contributed by atoms with E-state index in [1.807, 2.05) is 0 Å². The minimum Gasteiger partial charge on any atom is -0.377 e. The molecule has 0 saturated carbocycles. The molecule has 1 rings (SSSR count). The zero-order chi connectivity index (χ0) is 6.04. The summed E-state index contributed by atoms with van der Waals surface area (Å²) in [6.45, 7) is 6.00. The number of hydrogen-bond acceptors (Lipinski definition) is 1. The first-order valence-corrected chi connectivity index (χ1v) is 2.96. The molecular weight excluding hydrogens is 100 g/mol. The zero-order valence-corrected chi connectivity index (χ0v) is 5.48. The van der Waals surface area contributed by atoms with E-state index < -0.39 is 0 Å². The molecule has 0 saturated heterocycles. The first-order chi connectivity index (χ1) is 3.71. The predicted molar refractivity (Wildman–Crippen MR) is 33.7 cm³/mol. The summed E-state index contributed by atoms with van der Waals surface area (Å²) < 4.78 is 5.20. The third-order valence-electron chi connectivity index (χ3n) is 1.26. The maximum absolute atomic E-state index is 5.20. The summed E-state index contributed by atoms with van der Waals surface area (Å²) in [5.41, 5.74) is 0.276. The van der Waals surface area contributed by atoms with E-state index in [0.29, 0.717) is 0 Å². The van der Waals surface area contributed by atoms with Crippen LogP contribution in [0.25, 0.3) is 0 Å². The fourth-order valence-corrected chi connectivity index (χ4v) is 0.805. The number of ether oxygens (including phenoxy) is 1. The Morgan fingerprint density at radius 1 is 1.50 bits per heavy atom. The standard InChI is InChI=1S/C7H12O/c1-7(2)4-3-5-8-6-7/h3-4H,5-6H2,1-2H3. The molecule has 0 atom stereocenters. The molecule has 0 fully saturated rings. The van der Waals surface area contributed by atoms with E-state index >= 15 is 0 Å². The van der Waals surface area contributed by atoms with Gasteiger partial charge in [-0.25, -0.2) is 0 Å². The number of rotatable bonds is 0. The molecule has 0 spiro atoms. The molecule has 46 valence electrons. The van der Waals surface area contributed by atoms with Crippen molar-refractivity contribution in [2.75, 3.05) is 13.2 Å². The Balaban J connectivity index is 2.56. The molecule has 0 bridgehead atoms. The molecule has 0 amide bonds. The van der Waals surface area contributed by atoms with Crippen LogP contribution in [0, 0.1) is 5.41 Å². The predicted octanol–water partition coefficient (Wildman–Crippen LogP) is 1.60. The molecule has 0 radical (unpaired) electrons. The third-order valence-corrected chi connectivity index (χ3v) is 1.26. The highest BCUT2D eigenvalue weighted by atomic mass is 16.5. The maximum atomic E-state index is 5.20. The molecule has 1 nitrogen and oxygen atoms in total. The second kappa shape index (κ2) is 1.90. The van der Waals surface area contributed by atoms with Crippen molar-refractivity contribution in [3.05, 3.63) is 12.2 Å². The van der Waals surface area contributed by atoms with Gasteiger partial charge in [-0.2, -0.15) is 0 Å². The Bertz CT molecular complexity index is 103. The fourth-order valence-electron chi connectivity index (χ4n) is 0.805. The lowest BCUT2D eigenvalue weighted by molar-refractivity contribution is 0.0912. The van der Waals surface area contributed by atoms with E-state index in [9.17, 15) is 0 Å². The second-order valence-corrected chi connectivity index (χ2v) is 2.91. The largest absolute Gasteiger partial charge is 0.377 e. The summed E-state index contributed by atoms with van der Waals surface area (Å²) in [4.78, 5) is 0. The third kappa shape index (κ3) is 1.34.